The van der Waals surface area contributed by atoms with Crippen molar-refractivity contribution >= 4 is 13.7 Å². The van der Waals surface area contributed by atoms with Gasteiger partial charge in [-0.2, -0.15) is 0 Å². The number of nitrogens with zero attached hydrogens (tertiary/aromatic N) is 1. The van der Waals surface area contributed by atoms with Crippen molar-refractivity contribution in [2.45, 2.75) is 257 Å². The van der Waals surface area contributed by atoms with Crippen LogP contribution in [0.2, 0.25) is 0 Å². The van der Waals surface area contributed by atoms with E-state index in [9.17, 15) is 19.4 Å². The second kappa shape index (κ2) is 46.6. The van der Waals surface area contributed by atoms with Gasteiger partial charge in [0.2, 0.25) is 5.91 Å². The monoisotopic (exact) mass is 922 g/mol. The molecule has 0 saturated heterocycles. The summed E-state index contributed by atoms with van der Waals surface area (Å²) < 4.78 is 23.7. The number of aliphatic hydroxyl groups excluding tert-OH is 1. The largest absolute Gasteiger partial charge is 0.472 e. The summed E-state index contributed by atoms with van der Waals surface area (Å²) in [7, 11) is 1.56. The number of carbonyl (C=O) groups excluding carboxylic acids is 1. The molecular formula is C55H106N2O6P+. The number of phosphoric ester groups is 1. The summed E-state index contributed by atoms with van der Waals surface area (Å²) in [6, 6.07) is -0.855. The average Bonchev–Trinajstić information content (AvgIpc) is 3.25. The van der Waals surface area contributed by atoms with Crippen molar-refractivity contribution in [1.82, 2.24) is 5.32 Å². The number of aliphatic hydroxyl groups is 1. The van der Waals surface area contributed by atoms with Crippen molar-refractivity contribution in [3.05, 3.63) is 48.6 Å². The number of hydrogen-bond acceptors (Lipinski definition) is 5. The Labute approximate surface area is 397 Å². The van der Waals surface area contributed by atoms with Crippen molar-refractivity contribution in [1.29, 1.82) is 0 Å². The number of quaternary nitrogens is 1. The molecule has 0 spiro atoms. The SMILES string of the molecule is CCCCC/C=C\C/C=C\C/C=C\CCCCCCCCC(=O)NC(COP(=O)(O)OCC[N+](C)(C)C)C(O)/C=C/CCCCCCCCCCCCCCCCCCCCCCC. The minimum atomic E-state index is -4.35. The van der Waals surface area contributed by atoms with Gasteiger partial charge in [0, 0.05) is 6.42 Å². The number of allylic oxidation sites excluding steroid dienone is 7. The minimum absolute atomic E-state index is 0.0577. The lowest BCUT2D eigenvalue weighted by Gasteiger charge is -2.25. The van der Waals surface area contributed by atoms with Crippen LogP contribution in [0.25, 0.3) is 0 Å². The third-order valence-corrected chi connectivity index (χ3v) is 13.0. The number of rotatable bonds is 49. The molecule has 3 unspecified atom stereocenters. The molecule has 0 aliphatic rings. The Bertz CT molecular complexity index is 1180. The molecule has 0 aromatic heterocycles. The number of amides is 1. The summed E-state index contributed by atoms with van der Waals surface area (Å²) in [6.45, 7) is 4.80. The molecular weight excluding hydrogens is 816 g/mol. The molecule has 0 aliphatic carbocycles. The lowest BCUT2D eigenvalue weighted by atomic mass is 10.0. The van der Waals surface area contributed by atoms with Crippen molar-refractivity contribution in [3.8, 4) is 0 Å². The second-order valence-electron chi connectivity index (χ2n) is 19.6. The maximum Gasteiger partial charge on any atom is 0.472 e. The quantitative estimate of drug-likeness (QED) is 0.0243. The Kier molecular flexibility index (Phi) is 45.4. The molecule has 0 rings (SSSR count). The van der Waals surface area contributed by atoms with E-state index in [-0.39, 0.29) is 19.1 Å². The number of likely N-dealkylation sites (N-methyl/N-ethyl adjacent to an activating group) is 1. The predicted molar refractivity (Wildman–Crippen MR) is 277 cm³/mol. The fraction of sp³-hybridized carbons (Fsp3) is 0.836. The Morgan fingerprint density at radius 3 is 1.33 bits per heavy atom. The number of hydrogen-bond donors (Lipinski definition) is 3. The standard InChI is InChI=1S/C55H105N2O6P/c1-6-8-10-12-14-16-18-20-22-24-26-27-28-29-31-32-34-36-38-40-42-44-46-48-54(58)53(52-63-64(60,61)62-51-50-57(3,4)5)56-55(59)49-47-45-43-41-39-37-35-33-30-25-23-21-19-17-15-13-11-9-7-2/h15,17,21,23,30,33,46,48,53-54,58H,6-14,16,18-20,22,24-29,31-32,34-45,47,49-52H2,1-5H3,(H-,56,59,60,61)/p+1/b17-15-,23-21-,33-30-,48-46+. The van der Waals surface area contributed by atoms with Crippen LogP contribution in [0.1, 0.15) is 245 Å². The van der Waals surface area contributed by atoms with Crippen LogP contribution in [0.15, 0.2) is 48.6 Å². The highest BCUT2D eigenvalue weighted by atomic mass is 31.2. The summed E-state index contributed by atoms with van der Waals surface area (Å²) >= 11 is 0. The first-order valence-corrected chi connectivity index (χ1v) is 28.5. The Morgan fingerprint density at radius 2 is 0.891 bits per heavy atom. The molecule has 0 heterocycles. The molecule has 1 amide bonds. The van der Waals surface area contributed by atoms with Gasteiger partial charge in [0.25, 0.3) is 0 Å². The van der Waals surface area contributed by atoms with E-state index in [1.54, 1.807) is 6.08 Å². The van der Waals surface area contributed by atoms with Crippen LogP contribution >= 0.6 is 7.82 Å². The fourth-order valence-corrected chi connectivity index (χ4v) is 8.49. The molecule has 0 fully saturated rings. The summed E-state index contributed by atoms with van der Waals surface area (Å²) in [5, 5.41) is 13.9. The lowest BCUT2D eigenvalue weighted by molar-refractivity contribution is -0.870. The van der Waals surface area contributed by atoms with Gasteiger partial charge in [-0.1, -0.05) is 229 Å². The van der Waals surface area contributed by atoms with Crippen molar-refractivity contribution in [3.63, 3.8) is 0 Å². The van der Waals surface area contributed by atoms with Gasteiger partial charge in [0.15, 0.2) is 0 Å². The minimum Gasteiger partial charge on any atom is -0.387 e. The van der Waals surface area contributed by atoms with Crippen LogP contribution in [0, 0.1) is 0 Å². The summed E-state index contributed by atoms with van der Waals surface area (Å²) in [5.41, 5.74) is 0. The summed E-state index contributed by atoms with van der Waals surface area (Å²) in [4.78, 5) is 23.2. The maximum atomic E-state index is 12.9. The van der Waals surface area contributed by atoms with E-state index in [1.165, 1.54) is 161 Å². The van der Waals surface area contributed by atoms with Crippen LogP contribution in [-0.4, -0.2) is 73.4 Å². The zero-order valence-electron chi connectivity index (χ0n) is 42.8. The fourth-order valence-electron chi connectivity index (χ4n) is 7.76. The van der Waals surface area contributed by atoms with Gasteiger partial charge in [-0.25, -0.2) is 4.57 Å². The third-order valence-electron chi connectivity index (χ3n) is 12.0. The number of unbranched alkanes of at least 4 members (excludes halogenated alkanes) is 30. The Morgan fingerprint density at radius 1 is 0.531 bits per heavy atom. The van der Waals surface area contributed by atoms with E-state index < -0.39 is 20.0 Å². The molecule has 0 aromatic rings. The highest BCUT2D eigenvalue weighted by molar-refractivity contribution is 7.47. The van der Waals surface area contributed by atoms with Gasteiger partial charge in [-0.05, 0) is 57.8 Å². The zero-order chi connectivity index (χ0) is 47.1. The summed E-state index contributed by atoms with van der Waals surface area (Å²) in [5.74, 6) is -0.189. The topological polar surface area (TPSA) is 105 Å². The molecule has 376 valence electrons. The van der Waals surface area contributed by atoms with Crippen molar-refractivity contribution in [2.75, 3.05) is 40.9 Å². The number of carbonyl (C=O) groups is 1. The lowest BCUT2D eigenvalue weighted by Crippen LogP contribution is -2.45. The first kappa shape index (κ1) is 62.5. The molecule has 8 nitrogen and oxygen atoms in total. The van der Waals surface area contributed by atoms with Crippen LogP contribution < -0.4 is 5.32 Å². The van der Waals surface area contributed by atoms with Gasteiger partial charge in [0.1, 0.15) is 13.2 Å². The highest BCUT2D eigenvalue weighted by Crippen LogP contribution is 2.43. The Balaban J connectivity index is 4.30. The number of nitrogens with one attached hydrogen (secondary N) is 1. The molecule has 9 heteroatoms. The first-order chi connectivity index (χ1) is 31.0. The molecule has 64 heavy (non-hydrogen) atoms. The van der Waals surface area contributed by atoms with E-state index in [0.717, 1.165) is 64.2 Å². The van der Waals surface area contributed by atoms with Gasteiger partial charge in [-0.3, -0.25) is 13.8 Å². The van der Waals surface area contributed by atoms with Crippen LogP contribution in [0.5, 0.6) is 0 Å². The predicted octanol–water partition coefficient (Wildman–Crippen LogP) is 16.0. The maximum absolute atomic E-state index is 12.9. The van der Waals surface area contributed by atoms with Gasteiger partial charge < -0.3 is 19.8 Å². The highest BCUT2D eigenvalue weighted by Gasteiger charge is 2.27. The summed E-state index contributed by atoms with van der Waals surface area (Å²) in [6.07, 6.45) is 60.5. The van der Waals surface area contributed by atoms with Gasteiger partial charge in [0.05, 0.1) is 39.9 Å². The molecule has 0 aromatic carbocycles. The smallest absolute Gasteiger partial charge is 0.387 e. The van der Waals surface area contributed by atoms with Crippen LogP contribution in [0.4, 0.5) is 0 Å². The second-order valence-corrected chi connectivity index (χ2v) is 21.1. The normalized spacial score (nSPS) is 14.4. The molecule has 0 radical (unpaired) electrons. The number of phosphoric acid groups is 1. The van der Waals surface area contributed by atoms with E-state index in [4.69, 9.17) is 9.05 Å². The molecule has 3 atom stereocenters. The molecule has 3 N–H and O–H groups in total. The van der Waals surface area contributed by atoms with E-state index in [1.807, 2.05) is 27.2 Å². The van der Waals surface area contributed by atoms with Crippen LogP contribution in [-0.2, 0) is 18.4 Å². The van der Waals surface area contributed by atoms with E-state index >= 15 is 0 Å². The Hall–Kier alpha value is -1.54. The van der Waals surface area contributed by atoms with Crippen molar-refractivity contribution < 1.29 is 32.9 Å². The van der Waals surface area contributed by atoms with Crippen LogP contribution in [0.3, 0.4) is 0 Å². The van der Waals surface area contributed by atoms with E-state index in [2.05, 4.69) is 55.6 Å². The van der Waals surface area contributed by atoms with Gasteiger partial charge >= 0.3 is 7.82 Å². The molecule has 0 saturated carbocycles. The van der Waals surface area contributed by atoms with E-state index in [0.29, 0.717) is 17.4 Å². The van der Waals surface area contributed by atoms with Gasteiger partial charge in [-0.15, -0.1) is 0 Å². The molecule has 0 aliphatic heterocycles. The zero-order valence-corrected chi connectivity index (χ0v) is 43.7. The first-order valence-electron chi connectivity index (χ1n) is 27.0. The average molecular weight is 922 g/mol. The van der Waals surface area contributed by atoms with Crippen molar-refractivity contribution in [2.24, 2.45) is 0 Å². The third kappa shape index (κ3) is 48.4. The molecule has 0 bridgehead atoms.